The number of likely N-dealkylation sites (tertiary alicyclic amines) is 1. The molecule has 2 aliphatic rings. The van der Waals surface area contributed by atoms with Crippen molar-refractivity contribution >= 4 is 49.3 Å². The van der Waals surface area contributed by atoms with Crippen LogP contribution in [0.25, 0.3) is 0 Å². The molecule has 0 spiro atoms. The predicted octanol–water partition coefficient (Wildman–Crippen LogP) is 4.92. The Bertz CT molecular complexity index is 632. The van der Waals surface area contributed by atoms with Crippen LogP contribution in [0.2, 0.25) is 19.6 Å². The van der Waals surface area contributed by atoms with Gasteiger partial charge in [0.1, 0.15) is 5.37 Å². The Balaban J connectivity index is 1.75. The van der Waals surface area contributed by atoms with E-state index in [2.05, 4.69) is 55.3 Å². The van der Waals surface area contributed by atoms with Crippen LogP contribution in [-0.2, 0) is 4.79 Å². The van der Waals surface area contributed by atoms with Crippen molar-refractivity contribution in [2.24, 2.45) is 0 Å². The van der Waals surface area contributed by atoms with Crippen LogP contribution in [0.4, 0.5) is 0 Å². The number of rotatable bonds is 6. The molecule has 1 aromatic carbocycles. The minimum Gasteiger partial charge on any atom is -0.390 e. The number of aliphatic hydroxyl groups is 1. The highest BCUT2D eigenvalue weighted by Gasteiger charge is 2.46. The molecule has 3 nitrogen and oxygen atoms in total. The molecule has 2 fully saturated rings. The zero-order chi connectivity index (χ0) is 19.5. The van der Waals surface area contributed by atoms with E-state index in [-0.39, 0.29) is 15.0 Å². The van der Waals surface area contributed by atoms with Crippen LogP contribution >= 0.6 is 35.3 Å². The number of hydrogen-bond acceptors (Lipinski definition) is 5. The molecule has 27 heavy (non-hydrogen) atoms. The van der Waals surface area contributed by atoms with Gasteiger partial charge in [0, 0.05) is 17.9 Å². The van der Waals surface area contributed by atoms with Crippen molar-refractivity contribution in [3.05, 3.63) is 30.3 Å². The summed E-state index contributed by atoms with van der Waals surface area (Å²) in [6.07, 6.45) is 2.90. The van der Waals surface area contributed by atoms with Crippen LogP contribution in [0, 0.1) is 0 Å². The molecule has 0 saturated carbocycles. The summed E-state index contributed by atoms with van der Waals surface area (Å²) in [5.41, 5.74) is 0. The van der Waals surface area contributed by atoms with Crippen LogP contribution in [0.5, 0.6) is 0 Å². The number of amides is 1. The monoisotopic (exact) mass is 441 g/mol. The lowest BCUT2D eigenvalue weighted by atomic mass is 10.1. The minimum atomic E-state index is -1.41. The number of carbonyl (C=O) groups is 1. The number of nitrogens with zero attached hydrogens (tertiary/aromatic N) is 1. The largest absolute Gasteiger partial charge is 0.390 e. The van der Waals surface area contributed by atoms with Crippen LogP contribution in [-0.4, -0.2) is 57.2 Å². The van der Waals surface area contributed by atoms with Gasteiger partial charge in [-0.2, -0.15) is 0 Å². The quantitative estimate of drug-likeness (QED) is 0.634. The van der Waals surface area contributed by atoms with Gasteiger partial charge in [-0.15, -0.1) is 23.5 Å². The lowest BCUT2D eigenvalue weighted by Gasteiger charge is -2.47. The first kappa shape index (κ1) is 21.6. The first-order valence-electron chi connectivity index (χ1n) is 9.80. The molecule has 2 heterocycles. The van der Waals surface area contributed by atoms with Crippen molar-refractivity contribution in [1.29, 1.82) is 0 Å². The average molecular weight is 442 g/mol. The molecule has 0 aliphatic carbocycles. The molecular formula is C20H31NO2S3Si. The van der Waals surface area contributed by atoms with Crippen molar-refractivity contribution in [1.82, 2.24) is 4.90 Å². The molecule has 3 rings (SSSR count). The lowest BCUT2D eigenvalue weighted by molar-refractivity contribution is -0.138. The highest BCUT2D eigenvalue weighted by molar-refractivity contribution is 8.21. The summed E-state index contributed by atoms with van der Waals surface area (Å²) in [6.45, 7) is 8.13. The Labute approximate surface area is 177 Å². The van der Waals surface area contributed by atoms with E-state index < -0.39 is 14.2 Å². The number of thioether (sulfide) groups is 3. The standard InChI is InChI=1S/C20H31NO2S3Si/c1-27(2,3)20(24-14-7-15-25-20)12-13-21-18(23)11-10-17(22)19(21)26-16-8-5-4-6-9-16/h4-6,8-9,17,19,22H,7,10-15H2,1-3H3/t17-,19?/m0/s1. The Kier molecular flexibility index (Phi) is 7.33. The summed E-state index contributed by atoms with van der Waals surface area (Å²) >= 11 is 5.89. The average Bonchev–Trinajstić information content (AvgIpc) is 2.65. The molecule has 0 aromatic heterocycles. The number of carbonyl (C=O) groups excluding carboxylic acids is 1. The fraction of sp³-hybridized carbons (Fsp3) is 0.650. The fourth-order valence-corrected chi connectivity index (χ4v) is 12.6. The number of benzene rings is 1. The SMILES string of the molecule is C[Si](C)(C)C1(CCN2C(=O)CC[C@H](O)C2Sc2ccccc2)SCCCS1. The zero-order valence-electron chi connectivity index (χ0n) is 16.5. The summed E-state index contributed by atoms with van der Waals surface area (Å²) in [6, 6.07) is 10.1. The molecule has 2 aliphatic heterocycles. The van der Waals surface area contributed by atoms with Crippen LogP contribution in [0.3, 0.4) is 0 Å². The molecule has 2 saturated heterocycles. The second kappa shape index (κ2) is 9.16. The molecule has 2 atom stereocenters. The highest BCUT2D eigenvalue weighted by atomic mass is 32.2. The summed E-state index contributed by atoms with van der Waals surface area (Å²) in [5, 5.41) is 10.5. The Morgan fingerprint density at radius 2 is 1.89 bits per heavy atom. The van der Waals surface area contributed by atoms with Crippen molar-refractivity contribution in [3.8, 4) is 0 Å². The van der Waals surface area contributed by atoms with Gasteiger partial charge < -0.3 is 10.0 Å². The van der Waals surface area contributed by atoms with Crippen molar-refractivity contribution in [2.45, 2.75) is 65.4 Å². The van der Waals surface area contributed by atoms with E-state index in [1.54, 1.807) is 11.8 Å². The van der Waals surface area contributed by atoms with Gasteiger partial charge in [0.15, 0.2) is 0 Å². The van der Waals surface area contributed by atoms with Gasteiger partial charge in [0.05, 0.1) is 17.9 Å². The predicted molar refractivity (Wildman–Crippen MR) is 123 cm³/mol. The van der Waals surface area contributed by atoms with Gasteiger partial charge >= 0.3 is 0 Å². The Morgan fingerprint density at radius 3 is 2.52 bits per heavy atom. The van der Waals surface area contributed by atoms with Gasteiger partial charge in [-0.1, -0.05) is 49.6 Å². The molecule has 150 valence electrons. The Morgan fingerprint density at radius 1 is 1.22 bits per heavy atom. The maximum atomic E-state index is 12.8. The maximum absolute atomic E-state index is 12.8. The smallest absolute Gasteiger partial charge is 0.223 e. The van der Waals surface area contributed by atoms with Crippen LogP contribution in [0.1, 0.15) is 25.7 Å². The van der Waals surface area contributed by atoms with E-state index in [4.69, 9.17) is 0 Å². The number of aliphatic hydroxyl groups excluding tert-OH is 1. The molecule has 0 bridgehead atoms. The first-order chi connectivity index (χ1) is 12.8. The van der Waals surface area contributed by atoms with E-state index in [1.165, 1.54) is 17.9 Å². The van der Waals surface area contributed by atoms with Gasteiger partial charge in [-0.25, -0.2) is 0 Å². The second-order valence-electron chi connectivity index (χ2n) is 8.32. The van der Waals surface area contributed by atoms with E-state index in [0.717, 1.165) is 17.9 Å². The van der Waals surface area contributed by atoms with E-state index in [9.17, 15) is 9.90 Å². The minimum absolute atomic E-state index is 0.175. The molecule has 1 aromatic rings. The maximum Gasteiger partial charge on any atom is 0.223 e. The summed E-state index contributed by atoms with van der Waals surface area (Å²) in [5.74, 6) is 2.66. The van der Waals surface area contributed by atoms with Crippen LogP contribution in [0.15, 0.2) is 35.2 Å². The molecule has 1 amide bonds. The summed E-state index contributed by atoms with van der Waals surface area (Å²) in [4.78, 5) is 15.9. The third kappa shape index (κ3) is 5.10. The first-order valence-corrected chi connectivity index (χ1v) is 16.1. The van der Waals surface area contributed by atoms with E-state index in [0.29, 0.717) is 12.8 Å². The second-order valence-corrected chi connectivity index (χ2v) is 18.6. The topological polar surface area (TPSA) is 40.5 Å². The zero-order valence-corrected chi connectivity index (χ0v) is 20.0. The molecule has 1 N–H and O–H groups in total. The van der Waals surface area contributed by atoms with Crippen molar-refractivity contribution in [3.63, 3.8) is 0 Å². The van der Waals surface area contributed by atoms with Gasteiger partial charge in [-0.05, 0) is 42.9 Å². The molecule has 0 radical (unpaired) electrons. The van der Waals surface area contributed by atoms with Crippen LogP contribution < -0.4 is 0 Å². The third-order valence-corrected chi connectivity index (χ3v) is 16.9. The third-order valence-electron chi connectivity index (χ3n) is 5.39. The molecule has 7 heteroatoms. The van der Waals surface area contributed by atoms with E-state index >= 15 is 0 Å². The summed E-state index contributed by atoms with van der Waals surface area (Å²) < 4.78 is 0.274. The van der Waals surface area contributed by atoms with E-state index in [1.807, 2.05) is 23.1 Å². The number of hydrogen-bond donors (Lipinski definition) is 1. The summed E-state index contributed by atoms with van der Waals surface area (Å²) in [7, 11) is -1.41. The van der Waals surface area contributed by atoms with Gasteiger partial charge in [0.25, 0.3) is 0 Å². The van der Waals surface area contributed by atoms with Gasteiger partial charge in [0.2, 0.25) is 5.91 Å². The van der Waals surface area contributed by atoms with Gasteiger partial charge in [-0.3, -0.25) is 4.79 Å². The Hall–Kier alpha value is -0.0831. The number of piperidine rings is 1. The normalized spacial score (nSPS) is 26.2. The lowest BCUT2D eigenvalue weighted by Crippen LogP contribution is -2.54. The molecular weight excluding hydrogens is 411 g/mol. The molecule has 1 unspecified atom stereocenters. The van der Waals surface area contributed by atoms with Crippen molar-refractivity contribution in [2.75, 3.05) is 18.1 Å². The highest BCUT2D eigenvalue weighted by Crippen LogP contribution is 2.51. The fourth-order valence-electron chi connectivity index (χ4n) is 3.73. The van der Waals surface area contributed by atoms with Crippen molar-refractivity contribution < 1.29 is 9.90 Å².